The normalized spacial score (nSPS) is 15.1. The van der Waals surface area contributed by atoms with Gasteiger partial charge in [-0.15, -0.1) is 0 Å². The highest BCUT2D eigenvalue weighted by atomic mass is 19.1. The van der Waals surface area contributed by atoms with E-state index in [1.54, 1.807) is 16.8 Å². The maximum atomic E-state index is 13.3. The summed E-state index contributed by atoms with van der Waals surface area (Å²) in [4.78, 5) is 25.3. The second-order valence-electron chi connectivity index (χ2n) is 7.61. The molecule has 0 saturated carbocycles. The van der Waals surface area contributed by atoms with E-state index in [9.17, 15) is 14.0 Å². The maximum absolute atomic E-state index is 13.3. The van der Waals surface area contributed by atoms with Gasteiger partial charge in [-0.3, -0.25) is 9.59 Å². The number of rotatable bonds is 5. The van der Waals surface area contributed by atoms with E-state index in [1.165, 1.54) is 12.1 Å². The standard InChI is InChI=1S/C23H23FN4O2/c1-4-18-21(15-5-7-16(24)8-6-15)22-26-23(30)19(28(22)27-18)12-20(29)25-17-10-13(2)9-14(3)11-17/h5-11,19H,4,12H2,1-3H3,(H,25,29)(H,26,30). The summed E-state index contributed by atoms with van der Waals surface area (Å²) < 4.78 is 14.9. The molecule has 154 valence electrons. The van der Waals surface area contributed by atoms with Gasteiger partial charge in [-0.2, -0.15) is 5.10 Å². The van der Waals surface area contributed by atoms with Gasteiger partial charge in [0, 0.05) is 11.3 Å². The van der Waals surface area contributed by atoms with E-state index in [0.717, 1.165) is 27.9 Å². The second-order valence-corrected chi connectivity index (χ2v) is 7.61. The first-order chi connectivity index (χ1) is 14.4. The molecule has 1 aliphatic rings. The summed E-state index contributed by atoms with van der Waals surface area (Å²) in [5.41, 5.74) is 5.14. The molecule has 3 aromatic rings. The first kappa shape index (κ1) is 19.8. The van der Waals surface area contributed by atoms with Crippen LogP contribution in [0.1, 0.15) is 36.2 Å². The number of benzene rings is 2. The van der Waals surface area contributed by atoms with Gasteiger partial charge in [0.1, 0.15) is 17.7 Å². The van der Waals surface area contributed by atoms with Crippen LogP contribution < -0.4 is 10.6 Å². The van der Waals surface area contributed by atoms with E-state index < -0.39 is 6.04 Å². The molecule has 0 fully saturated rings. The van der Waals surface area contributed by atoms with Crippen molar-refractivity contribution in [2.75, 3.05) is 10.6 Å². The summed E-state index contributed by atoms with van der Waals surface area (Å²) in [5.74, 6) is -0.317. The molecular weight excluding hydrogens is 383 g/mol. The van der Waals surface area contributed by atoms with Crippen molar-refractivity contribution in [1.82, 2.24) is 9.78 Å². The summed E-state index contributed by atoms with van der Waals surface area (Å²) in [6.45, 7) is 5.90. The van der Waals surface area contributed by atoms with Crippen LogP contribution in [0.25, 0.3) is 11.1 Å². The van der Waals surface area contributed by atoms with E-state index >= 15 is 0 Å². The third kappa shape index (κ3) is 3.70. The highest BCUT2D eigenvalue weighted by molar-refractivity contribution is 6.04. The van der Waals surface area contributed by atoms with Crippen LogP contribution in [0.3, 0.4) is 0 Å². The van der Waals surface area contributed by atoms with Crippen LogP contribution in [0, 0.1) is 19.7 Å². The minimum absolute atomic E-state index is 0.0283. The number of carbonyl (C=O) groups is 2. The Morgan fingerprint density at radius 3 is 2.47 bits per heavy atom. The lowest BCUT2D eigenvalue weighted by Crippen LogP contribution is -2.24. The molecule has 6 nitrogen and oxygen atoms in total. The van der Waals surface area contributed by atoms with Crippen LogP contribution in [-0.2, 0) is 16.0 Å². The van der Waals surface area contributed by atoms with Gasteiger partial charge in [0.05, 0.1) is 12.1 Å². The number of carbonyl (C=O) groups excluding carboxylic acids is 2. The molecule has 0 radical (unpaired) electrons. The second kappa shape index (κ2) is 7.74. The molecule has 1 atom stereocenters. The largest absolute Gasteiger partial charge is 0.326 e. The summed E-state index contributed by atoms with van der Waals surface area (Å²) in [6, 6.07) is 11.2. The van der Waals surface area contributed by atoms with Gasteiger partial charge in [-0.05, 0) is 61.2 Å². The summed E-state index contributed by atoms with van der Waals surface area (Å²) >= 11 is 0. The Kier molecular flexibility index (Phi) is 5.11. The Balaban J connectivity index is 1.61. The molecule has 0 aliphatic carbocycles. The number of nitrogens with zero attached hydrogens (tertiary/aromatic N) is 2. The van der Waals surface area contributed by atoms with E-state index in [2.05, 4.69) is 15.7 Å². The average molecular weight is 406 g/mol. The smallest absolute Gasteiger partial charge is 0.251 e. The molecule has 30 heavy (non-hydrogen) atoms. The molecule has 1 unspecified atom stereocenters. The lowest BCUT2D eigenvalue weighted by atomic mass is 10.0. The predicted molar refractivity (Wildman–Crippen MR) is 114 cm³/mol. The lowest BCUT2D eigenvalue weighted by molar-refractivity contribution is -0.123. The zero-order valence-corrected chi connectivity index (χ0v) is 17.1. The molecule has 0 bridgehead atoms. The first-order valence-electron chi connectivity index (χ1n) is 9.92. The van der Waals surface area contributed by atoms with Crippen molar-refractivity contribution in [3.63, 3.8) is 0 Å². The number of aromatic nitrogens is 2. The summed E-state index contributed by atoms with van der Waals surface area (Å²) in [7, 11) is 0. The zero-order chi connectivity index (χ0) is 21.4. The van der Waals surface area contributed by atoms with Crippen LogP contribution in [0.2, 0.25) is 0 Å². The van der Waals surface area contributed by atoms with Crippen molar-refractivity contribution in [1.29, 1.82) is 0 Å². The number of amides is 2. The maximum Gasteiger partial charge on any atom is 0.251 e. The Labute approximate surface area is 174 Å². The van der Waals surface area contributed by atoms with Crippen molar-refractivity contribution in [3.8, 4) is 11.1 Å². The van der Waals surface area contributed by atoms with Crippen molar-refractivity contribution >= 4 is 23.3 Å². The Morgan fingerprint density at radius 1 is 1.17 bits per heavy atom. The number of hydrogen-bond donors (Lipinski definition) is 2. The minimum Gasteiger partial charge on any atom is -0.326 e. The molecule has 1 aromatic heterocycles. The van der Waals surface area contributed by atoms with Gasteiger partial charge in [0.15, 0.2) is 0 Å². The van der Waals surface area contributed by atoms with Crippen molar-refractivity contribution in [2.45, 2.75) is 39.7 Å². The van der Waals surface area contributed by atoms with E-state index in [4.69, 9.17) is 0 Å². The van der Waals surface area contributed by atoms with Gasteiger partial charge in [-0.1, -0.05) is 25.1 Å². The van der Waals surface area contributed by atoms with E-state index in [0.29, 0.717) is 17.9 Å². The molecule has 7 heteroatoms. The third-order valence-corrected chi connectivity index (χ3v) is 5.17. The molecule has 1 aliphatic heterocycles. The molecule has 0 spiro atoms. The Hall–Kier alpha value is -3.48. The van der Waals surface area contributed by atoms with Crippen molar-refractivity contribution in [3.05, 3.63) is 65.1 Å². The van der Waals surface area contributed by atoms with Gasteiger partial charge < -0.3 is 10.6 Å². The molecule has 2 aromatic carbocycles. The number of hydrogen-bond acceptors (Lipinski definition) is 3. The van der Waals surface area contributed by atoms with Gasteiger partial charge in [-0.25, -0.2) is 9.07 Å². The fourth-order valence-electron chi connectivity index (χ4n) is 3.92. The molecule has 2 amide bonds. The molecule has 4 rings (SSSR count). The third-order valence-electron chi connectivity index (χ3n) is 5.17. The fourth-order valence-corrected chi connectivity index (χ4v) is 3.92. The number of fused-ring (bicyclic) bond motifs is 1. The van der Waals surface area contributed by atoms with E-state index in [1.807, 2.05) is 39.0 Å². The molecule has 0 saturated heterocycles. The van der Waals surface area contributed by atoms with Crippen LogP contribution >= 0.6 is 0 Å². The fraction of sp³-hybridized carbons (Fsp3) is 0.261. The van der Waals surface area contributed by atoms with Crippen LogP contribution in [0.15, 0.2) is 42.5 Å². The lowest BCUT2D eigenvalue weighted by Gasteiger charge is -2.11. The number of anilines is 2. The van der Waals surface area contributed by atoms with Crippen LogP contribution in [-0.4, -0.2) is 21.6 Å². The summed E-state index contributed by atoms with van der Waals surface area (Å²) in [5, 5.41) is 10.3. The highest BCUT2D eigenvalue weighted by Gasteiger charge is 2.36. The Bertz CT molecular complexity index is 1110. The highest BCUT2D eigenvalue weighted by Crippen LogP contribution is 2.38. The first-order valence-corrected chi connectivity index (χ1v) is 9.92. The van der Waals surface area contributed by atoms with Gasteiger partial charge in [0.25, 0.3) is 5.91 Å². The topological polar surface area (TPSA) is 76.0 Å². The number of aryl methyl sites for hydroxylation is 3. The molecule has 2 N–H and O–H groups in total. The van der Waals surface area contributed by atoms with E-state index in [-0.39, 0.29) is 24.1 Å². The van der Waals surface area contributed by atoms with Gasteiger partial charge in [0.2, 0.25) is 5.91 Å². The molecule has 2 heterocycles. The minimum atomic E-state index is -0.731. The number of halogens is 1. The zero-order valence-electron chi connectivity index (χ0n) is 17.1. The summed E-state index contributed by atoms with van der Waals surface area (Å²) in [6.07, 6.45) is 0.615. The number of nitrogens with one attached hydrogen (secondary N) is 2. The van der Waals surface area contributed by atoms with Crippen LogP contribution in [0.4, 0.5) is 15.9 Å². The SMILES string of the molecule is CCc1nn2c(c1-c1ccc(F)cc1)NC(=O)C2CC(=O)Nc1cc(C)cc(C)c1. The molecular formula is C23H23FN4O2. The predicted octanol–water partition coefficient (Wildman–Crippen LogP) is 4.39. The van der Waals surface area contributed by atoms with Crippen molar-refractivity contribution in [2.24, 2.45) is 0 Å². The quantitative estimate of drug-likeness (QED) is 0.660. The average Bonchev–Trinajstić information content (AvgIpc) is 3.17. The van der Waals surface area contributed by atoms with Crippen molar-refractivity contribution < 1.29 is 14.0 Å². The van der Waals surface area contributed by atoms with Crippen LogP contribution in [0.5, 0.6) is 0 Å². The monoisotopic (exact) mass is 406 g/mol. The van der Waals surface area contributed by atoms with Gasteiger partial charge >= 0.3 is 0 Å². The Morgan fingerprint density at radius 2 is 1.83 bits per heavy atom.